The van der Waals surface area contributed by atoms with Gasteiger partial charge in [0.25, 0.3) is 0 Å². The molecule has 1 aliphatic heterocycles. The highest BCUT2D eigenvalue weighted by Gasteiger charge is 2.38. The molecule has 4 heteroatoms. The summed E-state index contributed by atoms with van der Waals surface area (Å²) in [7, 11) is 3.69. The van der Waals surface area contributed by atoms with Gasteiger partial charge in [-0.1, -0.05) is 111 Å². The summed E-state index contributed by atoms with van der Waals surface area (Å²) in [5.41, 5.74) is 2.42. The Morgan fingerprint density at radius 2 is 1.71 bits per heavy atom. The molecule has 0 aliphatic carbocycles. The molecule has 0 aromatic carbocycles. The van der Waals surface area contributed by atoms with Crippen LogP contribution in [0.4, 0.5) is 0 Å². The zero-order valence-electron chi connectivity index (χ0n) is 24.3. The van der Waals surface area contributed by atoms with Crippen LogP contribution < -0.4 is 0 Å². The quantitative estimate of drug-likeness (QED) is 0.152. The minimum absolute atomic E-state index is 0.0772. The second-order valence-electron chi connectivity index (χ2n) is 10.4. The molecule has 0 N–H and O–H groups in total. The minimum atomic E-state index is 0.0772. The normalized spacial score (nSPS) is 19.1. The van der Waals surface area contributed by atoms with E-state index in [2.05, 4.69) is 56.7 Å². The Labute approximate surface area is 213 Å². The Morgan fingerprint density at radius 1 is 1.00 bits per heavy atom. The maximum atomic E-state index is 5.63. The Hall–Kier alpha value is -1.19. The molecule has 0 bridgehead atoms. The first-order chi connectivity index (χ1) is 16.5. The van der Waals surface area contributed by atoms with Gasteiger partial charge in [-0.25, -0.2) is 0 Å². The molecule has 0 saturated carbocycles. The smallest absolute Gasteiger partial charge is 0.120 e. The lowest BCUT2D eigenvalue weighted by molar-refractivity contribution is 0.0846. The van der Waals surface area contributed by atoms with Gasteiger partial charge in [0.15, 0.2) is 0 Å². The number of hydrogen-bond acceptors (Lipinski definition) is 4. The number of rotatable bonds is 17. The van der Waals surface area contributed by atoms with Crippen molar-refractivity contribution >= 4 is 17.6 Å². The van der Waals surface area contributed by atoms with Gasteiger partial charge in [-0.2, -0.15) is 0 Å². The van der Waals surface area contributed by atoms with E-state index < -0.39 is 0 Å². The number of nitrogens with zero attached hydrogens (tertiary/aromatic N) is 3. The van der Waals surface area contributed by atoms with Gasteiger partial charge in [0.1, 0.15) is 6.61 Å². The van der Waals surface area contributed by atoms with Crippen molar-refractivity contribution < 1.29 is 4.84 Å². The van der Waals surface area contributed by atoms with E-state index in [0.717, 1.165) is 50.3 Å². The van der Waals surface area contributed by atoms with Crippen molar-refractivity contribution in [3.63, 3.8) is 0 Å². The molecule has 1 heterocycles. The van der Waals surface area contributed by atoms with Crippen LogP contribution in [0.3, 0.4) is 0 Å². The predicted molar refractivity (Wildman–Crippen MR) is 154 cm³/mol. The van der Waals surface area contributed by atoms with Crippen LogP contribution >= 0.6 is 0 Å². The van der Waals surface area contributed by atoms with Gasteiger partial charge in [-0.05, 0) is 31.6 Å². The lowest BCUT2D eigenvalue weighted by atomic mass is 9.68. The van der Waals surface area contributed by atoms with Crippen LogP contribution in [-0.2, 0) is 4.84 Å². The van der Waals surface area contributed by atoms with Gasteiger partial charge < -0.3 is 4.84 Å². The van der Waals surface area contributed by atoms with Gasteiger partial charge in [0, 0.05) is 38.1 Å². The number of unbranched alkanes of at least 4 members (excludes halogenated alkanes) is 5. The van der Waals surface area contributed by atoms with Crippen molar-refractivity contribution in [3.8, 4) is 0 Å². The van der Waals surface area contributed by atoms with E-state index in [1.165, 1.54) is 69.9 Å². The highest BCUT2D eigenvalue weighted by Crippen LogP contribution is 2.40. The highest BCUT2D eigenvalue weighted by atomic mass is 16.6. The molecule has 0 amide bonds. The van der Waals surface area contributed by atoms with Crippen LogP contribution in [0.1, 0.15) is 138 Å². The fraction of sp³-hybridized carbons (Fsp3) is 0.900. The van der Waals surface area contributed by atoms with Crippen molar-refractivity contribution in [2.75, 3.05) is 20.7 Å². The van der Waals surface area contributed by atoms with Crippen molar-refractivity contribution in [3.05, 3.63) is 0 Å². The first-order valence-electron chi connectivity index (χ1n) is 14.5. The lowest BCUT2D eigenvalue weighted by Gasteiger charge is -2.38. The molecule has 0 aromatic rings. The third kappa shape index (κ3) is 13.6. The summed E-state index contributed by atoms with van der Waals surface area (Å²) in [5, 5.41) is 4.56. The third-order valence-electron chi connectivity index (χ3n) is 7.48. The predicted octanol–water partition coefficient (Wildman–Crippen LogP) is 9.32. The molecule has 1 aliphatic rings. The Bertz CT molecular complexity index is 569. The van der Waals surface area contributed by atoms with E-state index in [9.17, 15) is 0 Å². The van der Waals surface area contributed by atoms with Crippen molar-refractivity contribution in [2.24, 2.45) is 32.4 Å². The molecule has 0 radical (unpaired) electrons. The molecule has 0 aromatic heterocycles. The molecule has 34 heavy (non-hydrogen) atoms. The minimum Gasteiger partial charge on any atom is -0.396 e. The van der Waals surface area contributed by atoms with E-state index >= 15 is 0 Å². The molecular formula is C30H59N3O. The molecule has 3 unspecified atom stereocenters. The highest BCUT2D eigenvalue weighted by molar-refractivity contribution is 6.31. The fourth-order valence-corrected chi connectivity index (χ4v) is 4.85. The summed E-state index contributed by atoms with van der Waals surface area (Å²) < 4.78 is 0. The molecule has 4 nitrogen and oxygen atoms in total. The lowest BCUT2D eigenvalue weighted by Crippen LogP contribution is -2.38. The monoisotopic (exact) mass is 477 g/mol. The largest absolute Gasteiger partial charge is 0.396 e. The molecule has 0 fully saturated rings. The standard InChI is InChI=1S/C20H37N3O.C10H22/c1-6-9-10-12-20(11-7-2,14-18(22-5)15-21-4)19-13-17(8-3)16-24-23-19;1-4-6-7-8-9-10(3)5-2/h15,17H,6-14,16H2,1-5H3;10H,4-9H2,1-3H3. The van der Waals surface area contributed by atoms with Gasteiger partial charge >= 0.3 is 0 Å². The first-order valence-corrected chi connectivity index (χ1v) is 14.5. The first kappa shape index (κ1) is 32.8. The zero-order chi connectivity index (χ0) is 25.7. The SMILES string of the molecule is CCCCCC(CCC)(CC(C=NC)=NC)C1=NOCC(CC)C1.CCCCCCC(C)CC. The molecule has 1 rings (SSSR count). The fourth-order valence-electron chi connectivity index (χ4n) is 4.85. The summed E-state index contributed by atoms with van der Waals surface area (Å²) in [6.45, 7) is 14.4. The Kier molecular flexibility index (Phi) is 20.4. The van der Waals surface area contributed by atoms with Crippen molar-refractivity contribution in [1.82, 2.24) is 0 Å². The van der Waals surface area contributed by atoms with Crippen LogP contribution in [0, 0.1) is 17.3 Å². The summed E-state index contributed by atoms with van der Waals surface area (Å²) in [6.07, 6.45) is 20.8. The average molecular weight is 478 g/mol. The van der Waals surface area contributed by atoms with Gasteiger partial charge in [-0.3, -0.25) is 9.98 Å². The molecule has 0 spiro atoms. The van der Waals surface area contributed by atoms with Crippen LogP contribution in [0.2, 0.25) is 0 Å². The van der Waals surface area contributed by atoms with Crippen LogP contribution in [0.25, 0.3) is 0 Å². The maximum Gasteiger partial charge on any atom is 0.120 e. The zero-order valence-corrected chi connectivity index (χ0v) is 24.3. The van der Waals surface area contributed by atoms with Crippen molar-refractivity contribution in [1.29, 1.82) is 0 Å². The van der Waals surface area contributed by atoms with Gasteiger partial charge in [0.2, 0.25) is 0 Å². The Morgan fingerprint density at radius 3 is 2.26 bits per heavy atom. The summed E-state index contributed by atoms with van der Waals surface area (Å²) in [6, 6.07) is 0. The molecule has 200 valence electrons. The van der Waals surface area contributed by atoms with Crippen LogP contribution in [0.5, 0.6) is 0 Å². The second kappa shape index (κ2) is 21.1. The topological polar surface area (TPSA) is 46.3 Å². The van der Waals surface area contributed by atoms with E-state index in [1.807, 2.05) is 20.3 Å². The average Bonchev–Trinajstić information content (AvgIpc) is 2.86. The summed E-state index contributed by atoms with van der Waals surface area (Å²) in [5.74, 6) is 1.55. The summed E-state index contributed by atoms with van der Waals surface area (Å²) in [4.78, 5) is 14.3. The molecule has 0 saturated heterocycles. The Balaban J connectivity index is 0.000000916. The number of hydrogen-bond donors (Lipinski definition) is 0. The number of aliphatic imine (C=N–C) groups is 2. The van der Waals surface area contributed by atoms with Gasteiger partial charge in [-0.15, -0.1) is 0 Å². The molecular weight excluding hydrogens is 418 g/mol. The second-order valence-corrected chi connectivity index (χ2v) is 10.4. The molecule has 3 atom stereocenters. The van der Waals surface area contributed by atoms with Crippen LogP contribution in [-0.4, -0.2) is 38.3 Å². The van der Waals surface area contributed by atoms with E-state index in [-0.39, 0.29) is 5.41 Å². The van der Waals surface area contributed by atoms with Crippen LogP contribution in [0.15, 0.2) is 15.1 Å². The van der Waals surface area contributed by atoms with E-state index in [4.69, 9.17) is 4.84 Å². The van der Waals surface area contributed by atoms with Gasteiger partial charge in [0.05, 0.1) is 11.4 Å². The third-order valence-corrected chi connectivity index (χ3v) is 7.48. The summed E-state index contributed by atoms with van der Waals surface area (Å²) >= 11 is 0. The maximum absolute atomic E-state index is 5.63. The number of oxime groups is 1. The van der Waals surface area contributed by atoms with E-state index in [1.54, 1.807) is 0 Å². The van der Waals surface area contributed by atoms with E-state index in [0.29, 0.717) is 5.92 Å². The van der Waals surface area contributed by atoms with Crippen molar-refractivity contribution in [2.45, 2.75) is 138 Å².